The zero-order valence-electron chi connectivity index (χ0n) is 11.7. The van der Waals surface area contributed by atoms with Gasteiger partial charge in [-0.1, -0.05) is 0 Å². The van der Waals surface area contributed by atoms with Crippen molar-refractivity contribution in [3.63, 3.8) is 0 Å². The summed E-state index contributed by atoms with van der Waals surface area (Å²) in [6.45, 7) is 0. The first-order valence-electron chi connectivity index (χ1n) is 6.92. The van der Waals surface area contributed by atoms with E-state index < -0.39 is 11.8 Å². The van der Waals surface area contributed by atoms with Gasteiger partial charge >= 0.3 is 0 Å². The molecular weight excluding hydrogens is 318 g/mol. The van der Waals surface area contributed by atoms with Crippen molar-refractivity contribution in [3.8, 4) is 0 Å². The molecule has 9 nitrogen and oxygen atoms in total. The largest absolute Gasteiger partial charge is 0.341 e. The molecule has 3 heterocycles. The van der Waals surface area contributed by atoms with Gasteiger partial charge in [-0.05, 0) is 12.8 Å². The molecule has 2 amide bonds. The van der Waals surface area contributed by atoms with Gasteiger partial charge in [0.05, 0.1) is 12.0 Å². The molecule has 116 valence electrons. The number of rotatable bonds is 3. The molecule has 0 aliphatic heterocycles. The Morgan fingerprint density at radius 2 is 2.00 bits per heavy atom. The van der Waals surface area contributed by atoms with Gasteiger partial charge in [-0.25, -0.2) is 19.9 Å². The number of thiazole rings is 1. The number of carbonyl (C=O) groups excluding carboxylic acids is 2. The van der Waals surface area contributed by atoms with Crippen LogP contribution in [0.2, 0.25) is 0 Å². The first kappa shape index (κ1) is 13.8. The van der Waals surface area contributed by atoms with E-state index >= 15 is 0 Å². The van der Waals surface area contributed by atoms with E-state index in [1.165, 1.54) is 24.0 Å². The number of carbonyl (C=O) groups is 2. The van der Waals surface area contributed by atoms with E-state index in [4.69, 9.17) is 0 Å². The highest BCUT2D eigenvalue weighted by molar-refractivity contribution is 7.11. The molecule has 0 aromatic carbocycles. The summed E-state index contributed by atoms with van der Waals surface area (Å²) >= 11 is 1.26. The number of nitrogens with zero attached hydrogens (tertiary/aromatic N) is 4. The first-order chi connectivity index (χ1) is 11.2. The fourth-order valence-corrected chi connectivity index (χ4v) is 2.91. The second-order valence-electron chi connectivity index (χ2n) is 5.08. The van der Waals surface area contributed by atoms with Crippen LogP contribution in [0.15, 0.2) is 18.0 Å². The summed E-state index contributed by atoms with van der Waals surface area (Å²) in [5, 5.41) is 2.20. The van der Waals surface area contributed by atoms with Gasteiger partial charge in [0.25, 0.3) is 11.8 Å². The molecule has 3 aromatic heterocycles. The standard InChI is InChI=1S/C13H11N7O2S/c21-11(9-8-10(16-4-14-8)17-5-15-9)19-20-12(22)13-18-7(3-23-13)6-1-2-6/h3-6H,1-2H2,(H,19,21)(H,20,22)(H,14,15,16,17). The lowest BCUT2D eigenvalue weighted by molar-refractivity contribution is 0.0844. The Balaban J connectivity index is 1.44. The molecule has 0 radical (unpaired) electrons. The summed E-state index contributed by atoms with van der Waals surface area (Å²) in [4.78, 5) is 43.0. The van der Waals surface area contributed by atoms with Crippen LogP contribution in [-0.2, 0) is 0 Å². The van der Waals surface area contributed by atoms with Crippen molar-refractivity contribution < 1.29 is 9.59 Å². The van der Waals surface area contributed by atoms with Crippen LogP contribution in [0.3, 0.4) is 0 Å². The van der Waals surface area contributed by atoms with Crippen molar-refractivity contribution in [2.75, 3.05) is 0 Å². The van der Waals surface area contributed by atoms with Crippen molar-refractivity contribution in [1.29, 1.82) is 0 Å². The van der Waals surface area contributed by atoms with Crippen LogP contribution in [0.4, 0.5) is 0 Å². The second-order valence-corrected chi connectivity index (χ2v) is 5.94. The Morgan fingerprint density at radius 3 is 2.83 bits per heavy atom. The molecule has 10 heteroatoms. The minimum absolute atomic E-state index is 0.102. The van der Waals surface area contributed by atoms with E-state index in [1.807, 2.05) is 5.38 Å². The molecule has 1 aliphatic carbocycles. The number of aromatic nitrogens is 5. The molecule has 4 rings (SSSR count). The zero-order chi connectivity index (χ0) is 15.8. The molecule has 0 spiro atoms. The summed E-state index contributed by atoms with van der Waals surface area (Å²) in [6, 6.07) is 0. The molecule has 1 saturated carbocycles. The summed E-state index contributed by atoms with van der Waals surface area (Å²) in [6.07, 6.45) is 4.90. The third-order valence-corrected chi connectivity index (χ3v) is 4.30. The molecule has 23 heavy (non-hydrogen) atoms. The highest BCUT2D eigenvalue weighted by Gasteiger charge is 2.27. The number of nitrogens with one attached hydrogen (secondary N) is 3. The fourth-order valence-electron chi connectivity index (χ4n) is 2.12. The minimum Gasteiger partial charge on any atom is -0.341 e. The van der Waals surface area contributed by atoms with Crippen LogP contribution in [-0.4, -0.2) is 36.7 Å². The Morgan fingerprint density at radius 1 is 1.17 bits per heavy atom. The van der Waals surface area contributed by atoms with E-state index in [0.717, 1.165) is 18.5 Å². The maximum atomic E-state index is 12.1. The van der Waals surface area contributed by atoms with E-state index in [-0.39, 0.29) is 5.69 Å². The number of H-pyrrole nitrogens is 1. The maximum Gasteiger partial charge on any atom is 0.298 e. The summed E-state index contributed by atoms with van der Waals surface area (Å²) < 4.78 is 0. The van der Waals surface area contributed by atoms with Crippen molar-refractivity contribution >= 4 is 34.3 Å². The van der Waals surface area contributed by atoms with Gasteiger partial charge in [0, 0.05) is 11.3 Å². The van der Waals surface area contributed by atoms with Gasteiger partial charge in [0.15, 0.2) is 16.3 Å². The van der Waals surface area contributed by atoms with Crippen LogP contribution < -0.4 is 10.9 Å². The predicted octanol–water partition coefficient (Wildman–Crippen LogP) is 0.762. The van der Waals surface area contributed by atoms with Gasteiger partial charge in [0.2, 0.25) is 0 Å². The van der Waals surface area contributed by atoms with Crippen LogP contribution in [0.1, 0.15) is 44.7 Å². The number of hydrazine groups is 1. The molecule has 0 atom stereocenters. The number of hydrogen-bond donors (Lipinski definition) is 3. The quantitative estimate of drug-likeness (QED) is 0.609. The molecule has 1 aliphatic rings. The van der Waals surface area contributed by atoms with E-state index in [9.17, 15) is 9.59 Å². The topological polar surface area (TPSA) is 126 Å². The van der Waals surface area contributed by atoms with E-state index in [1.54, 1.807) is 0 Å². The molecule has 3 aromatic rings. The number of fused-ring (bicyclic) bond motifs is 1. The Kier molecular flexibility index (Phi) is 3.23. The number of imidazole rings is 1. The van der Waals surface area contributed by atoms with Crippen molar-refractivity contribution in [2.24, 2.45) is 0 Å². The van der Waals surface area contributed by atoms with E-state index in [0.29, 0.717) is 22.1 Å². The highest BCUT2D eigenvalue weighted by Crippen LogP contribution is 2.40. The number of amides is 2. The zero-order valence-corrected chi connectivity index (χ0v) is 12.6. The maximum absolute atomic E-state index is 12.1. The van der Waals surface area contributed by atoms with Gasteiger partial charge < -0.3 is 4.98 Å². The van der Waals surface area contributed by atoms with Gasteiger partial charge in [-0.15, -0.1) is 11.3 Å². The third-order valence-electron chi connectivity index (χ3n) is 3.44. The van der Waals surface area contributed by atoms with Gasteiger partial charge in [-0.2, -0.15) is 0 Å². The number of aromatic amines is 1. The molecule has 0 saturated heterocycles. The molecule has 0 bridgehead atoms. The normalized spacial score (nSPS) is 13.9. The van der Waals surface area contributed by atoms with Crippen molar-refractivity contribution in [1.82, 2.24) is 35.8 Å². The SMILES string of the molecule is O=C(NNC(=O)c1ncnc2nc[nH]c12)c1nc(C2CC2)cs1. The lowest BCUT2D eigenvalue weighted by atomic mass is 10.3. The van der Waals surface area contributed by atoms with E-state index in [2.05, 4.69) is 35.8 Å². The summed E-state index contributed by atoms with van der Waals surface area (Å²) in [5.41, 5.74) is 6.50. The lowest BCUT2D eigenvalue weighted by Crippen LogP contribution is -2.42. The number of hydrogen-bond acceptors (Lipinski definition) is 7. The Hall–Kier alpha value is -2.88. The van der Waals surface area contributed by atoms with Crippen LogP contribution in [0, 0.1) is 0 Å². The summed E-state index contributed by atoms with van der Waals surface area (Å²) in [5.74, 6) is -0.531. The Labute approximate surface area is 133 Å². The Bertz CT molecular complexity index is 899. The van der Waals surface area contributed by atoms with Crippen LogP contribution in [0.25, 0.3) is 11.2 Å². The second kappa shape index (κ2) is 5.39. The van der Waals surface area contributed by atoms with Crippen molar-refractivity contribution in [2.45, 2.75) is 18.8 Å². The average Bonchev–Trinajstić information content (AvgIpc) is 3.11. The minimum atomic E-state index is -0.561. The average molecular weight is 329 g/mol. The predicted molar refractivity (Wildman–Crippen MR) is 80.7 cm³/mol. The lowest BCUT2D eigenvalue weighted by Gasteiger charge is -2.05. The smallest absolute Gasteiger partial charge is 0.298 e. The first-order valence-corrected chi connectivity index (χ1v) is 7.80. The molecule has 0 unspecified atom stereocenters. The molecule has 3 N–H and O–H groups in total. The van der Waals surface area contributed by atoms with Crippen molar-refractivity contribution in [3.05, 3.63) is 34.4 Å². The summed E-state index contributed by atoms with van der Waals surface area (Å²) in [7, 11) is 0. The monoisotopic (exact) mass is 329 g/mol. The van der Waals surface area contributed by atoms with Gasteiger partial charge in [0.1, 0.15) is 11.8 Å². The third kappa shape index (κ3) is 2.63. The van der Waals surface area contributed by atoms with Crippen LogP contribution in [0.5, 0.6) is 0 Å². The molecule has 1 fully saturated rings. The van der Waals surface area contributed by atoms with Crippen LogP contribution >= 0.6 is 11.3 Å². The molecular formula is C13H11N7O2S. The highest BCUT2D eigenvalue weighted by atomic mass is 32.1. The van der Waals surface area contributed by atoms with Gasteiger partial charge in [-0.3, -0.25) is 20.4 Å². The fraction of sp³-hybridized carbons (Fsp3) is 0.231.